The molecule has 2 nitrogen and oxygen atoms in total. The largest absolute Gasteiger partial charge is 0.342 e. The lowest BCUT2D eigenvalue weighted by molar-refractivity contribution is 1.03. The number of benzene rings is 3. The molecule has 0 aliphatic carbocycles. The predicted molar refractivity (Wildman–Crippen MR) is 101 cm³/mol. The van der Waals surface area contributed by atoms with Crippen LogP contribution in [0.25, 0.3) is 22.0 Å². The Morgan fingerprint density at radius 1 is 0.833 bits per heavy atom. The first-order valence-electron chi connectivity index (χ1n) is 7.65. The number of rotatable bonds is 3. The fraction of sp³-hybridized carbons (Fsp3) is 0.0500. The third-order valence-electron chi connectivity index (χ3n) is 3.98. The number of halogens is 2. The smallest absolute Gasteiger partial charge is 0.110 e. The van der Waals surface area contributed by atoms with Crippen LogP contribution in [-0.4, -0.2) is 9.97 Å². The second-order valence-electron chi connectivity index (χ2n) is 5.76. The zero-order chi connectivity index (χ0) is 16.5. The van der Waals surface area contributed by atoms with Crippen LogP contribution < -0.4 is 0 Å². The minimum Gasteiger partial charge on any atom is -0.342 e. The molecule has 0 aliphatic heterocycles. The van der Waals surface area contributed by atoms with E-state index in [9.17, 15) is 0 Å². The highest BCUT2D eigenvalue weighted by atomic mass is 35.5. The molecule has 4 rings (SSSR count). The van der Waals surface area contributed by atoms with E-state index in [4.69, 9.17) is 23.2 Å². The van der Waals surface area contributed by atoms with Gasteiger partial charge in [0.25, 0.3) is 0 Å². The van der Waals surface area contributed by atoms with Gasteiger partial charge in [-0.1, -0.05) is 59.6 Å². The molecule has 1 heterocycles. The molecule has 0 saturated heterocycles. The lowest BCUT2D eigenvalue weighted by Crippen LogP contribution is -1.91. The zero-order valence-electron chi connectivity index (χ0n) is 12.8. The number of fused-ring (bicyclic) bond motifs is 1. The van der Waals surface area contributed by atoms with E-state index in [2.05, 4.69) is 40.3 Å². The van der Waals surface area contributed by atoms with Crippen LogP contribution in [0.4, 0.5) is 0 Å². The van der Waals surface area contributed by atoms with E-state index in [1.54, 1.807) is 6.07 Å². The van der Waals surface area contributed by atoms with Gasteiger partial charge in [0.15, 0.2) is 0 Å². The van der Waals surface area contributed by atoms with Crippen LogP contribution in [0.15, 0.2) is 66.9 Å². The van der Waals surface area contributed by atoms with E-state index in [1.165, 1.54) is 10.8 Å². The molecule has 0 spiro atoms. The first-order valence-corrected chi connectivity index (χ1v) is 8.41. The second kappa shape index (κ2) is 6.31. The number of aromatic amines is 1. The average molecular weight is 353 g/mol. The van der Waals surface area contributed by atoms with E-state index in [-0.39, 0.29) is 0 Å². The monoisotopic (exact) mass is 352 g/mol. The quantitative estimate of drug-likeness (QED) is 0.472. The normalized spacial score (nSPS) is 11.1. The van der Waals surface area contributed by atoms with Gasteiger partial charge in [-0.15, -0.1) is 0 Å². The highest BCUT2D eigenvalue weighted by Crippen LogP contribution is 2.24. The van der Waals surface area contributed by atoms with Crippen LogP contribution >= 0.6 is 23.2 Å². The molecule has 0 aliphatic rings. The van der Waals surface area contributed by atoms with Crippen molar-refractivity contribution in [3.05, 3.63) is 88.3 Å². The molecule has 0 fully saturated rings. The Labute approximate surface area is 150 Å². The van der Waals surface area contributed by atoms with Gasteiger partial charge >= 0.3 is 0 Å². The Hall–Kier alpha value is -2.29. The van der Waals surface area contributed by atoms with Crippen molar-refractivity contribution in [2.75, 3.05) is 0 Å². The highest BCUT2D eigenvalue weighted by Gasteiger charge is 2.06. The van der Waals surface area contributed by atoms with Gasteiger partial charge in [0, 0.05) is 22.0 Å². The van der Waals surface area contributed by atoms with Crippen molar-refractivity contribution in [1.82, 2.24) is 9.97 Å². The topological polar surface area (TPSA) is 28.7 Å². The molecule has 1 N–H and O–H groups in total. The van der Waals surface area contributed by atoms with E-state index in [0.29, 0.717) is 16.5 Å². The number of aromatic nitrogens is 2. The molecule has 0 bridgehead atoms. The molecular formula is C20H14Cl2N2. The molecule has 0 radical (unpaired) electrons. The van der Waals surface area contributed by atoms with Crippen molar-refractivity contribution >= 4 is 34.0 Å². The fourth-order valence-electron chi connectivity index (χ4n) is 2.86. The molecule has 0 saturated carbocycles. The molecular weight excluding hydrogens is 339 g/mol. The molecule has 1 aromatic heterocycles. The first-order chi connectivity index (χ1) is 11.7. The zero-order valence-corrected chi connectivity index (χ0v) is 14.3. The summed E-state index contributed by atoms with van der Waals surface area (Å²) < 4.78 is 0. The molecule has 4 aromatic rings. The second-order valence-corrected chi connectivity index (χ2v) is 6.63. The molecule has 3 aromatic carbocycles. The average Bonchev–Trinajstić information content (AvgIpc) is 3.02. The fourth-order valence-corrected chi connectivity index (χ4v) is 3.43. The Morgan fingerprint density at radius 3 is 2.38 bits per heavy atom. The number of nitrogens with zero attached hydrogens (tertiary/aromatic N) is 1. The van der Waals surface area contributed by atoms with Crippen LogP contribution in [0.1, 0.15) is 11.4 Å². The standard InChI is InChI=1S/C20H14Cl2N2/c21-17-7-13(8-18(22)11-17)9-20-23-12-19(24-20)16-6-5-14-3-1-2-4-15(14)10-16/h1-8,10-12H,9H2,(H,23,24). The summed E-state index contributed by atoms with van der Waals surface area (Å²) in [6.07, 6.45) is 2.53. The summed E-state index contributed by atoms with van der Waals surface area (Å²) in [5, 5.41) is 3.72. The molecule has 4 heteroatoms. The van der Waals surface area contributed by atoms with E-state index < -0.39 is 0 Å². The first kappa shape index (κ1) is 15.3. The maximum absolute atomic E-state index is 6.06. The van der Waals surface area contributed by atoms with Crippen LogP contribution in [-0.2, 0) is 6.42 Å². The van der Waals surface area contributed by atoms with Gasteiger partial charge in [-0.25, -0.2) is 4.98 Å². The lowest BCUT2D eigenvalue weighted by atomic mass is 10.1. The molecule has 24 heavy (non-hydrogen) atoms. The number of H-pyrrole nitrogens is 1. The molecule has 0 unspecified atom stereocenters. The molecule has 0 amide bonds. The number of nitrogens with one attached hydrogen (secondary N) is 1. The summed E-state index contributed by atoms with van der Waals surface area (Å²) in [4.78, 5) is 7.87. The minimum atomic E-state index is 0.638. The third kappa shape index (κ3) is 3.16. The summed E-state index contributed by atoms with van der Waals surface area (Å²) in [6, 6.07) is 20.3. The van der Waals surface area contributed by atoms with Crippen LogP contribution in [0.3, 0.4) is 0 Å². The minimum absolute atomic E-state index is 0.638. The van der Waals surface area contributed by atoms with Crippen LogP contribution in [0, 0.1) is 0 Å². The SMILES string of the molecule is Clc1cc(Cl)cc(Cc2ncc(-c3ccc4ccccc4c3)[nH]2)c1. The molecule has 118 valence electrons. The maximum atomic E-state index is 6.06. The van der Waals surface area contributed by atoms with Crippen molar-refractivity contribution in [3.8, 4) is 11.3 Å². The van der Waals surface area contributed by atoms with Crippen molar-refractivity contribution in [2.24, 2.45) is 0 Å². The maximum Gasteiger partial charge on any atom is 0.110 e. The van der Waals surface area contributed by atoms with E-state index >= 15 is 0 Å². The Kier molecular flexibility index (Phi) is 4.01. The van der Waals surface area contributed by atoms with Gasteiger partial charge in [0.1, 0.15) is 5.82 Å². The summed E-state index contributed by atoms with van der Waals surface area (Å²) >= 11 is 12.1. The summed E-state index contributed by atoms with van der Waals surface area (Å²) in [5.41, 5.74) is 3.16. The van der Waals surface area contributed by atoms with Crippen molar-refractivity contribution in [2.45, 2.75) is 6.42 Å². The van der Waals surface area contributed by atoms with Crippen molar-refractivity contribution in [3.63, 3.8) is 0 Å². The summed E-state index contributed by atoms with van der Waals surface area (Å²) in [7, 11) is 0. The Balaban J connectivity index is 1.63. The summed E-state index contributed by atoms with van der Waals surface area (Å²) in [5.74, 6) is 0.886. The number of hydrogen-bond acceptors (Lipinski definition) is 1. The van der Waals surface area contributed by atoms with Crippen LogP contribution in [0.2, 0.25) is 10.0 Å². The van der Waals surface area contributed by atoms with Crippen molar-refractivity contribution in [1.29, 1.82) is 0 Å². The van der Waals surface area contributed by atoms with Gasteiger partial charge in [0.05, 0.1) is 11.9 Å². The Morgan fingerprint density at radius 2 is 1.58 bits per heavy atom. The third-order valence-corrected chi connectivity index (χ3v) is 4.42. The van der Waals surface area contributed by atoms with Gasteiger partial charge in [-0.2, -0.15) is 0 Å². The number of hydrogen-bond donors (Lipinski definition) is 1. The lowest BCUT2D eigenvalue weighted by Gasteiger charge is -2.02. The number of imidazole rings is 1. The van der Waals surface area contributed by atoms with E-state index in [1.807, 2.05) is 30.5 Å². The van der Waals surface area contributed by atoms with Gasteiger partial charge in [-0.3, -0.25) is 0 Å². The Bertz CT molecular complexity index is 1000. The molecule has 0 atom stereocenters. The van der Waals surface area contributed by atoms with Crippen LogP contribution in [0.5, 0.6) is 0 Å². The van der Waals surface area contributed by atoms with Gasteiger partial charge in [0.2, 0.25) is 0 Å². The summed E-state index contributed by atoms with van der Waals surface area (Å²) in [6.45, 7) is 0. The van der Waals surface area contributed by atoms with Crippen molar-refractivity contribution < 1.29 is 0 Å². The van der Waals surface area contributed by atoms with Gasteiger partial charge < -0.3 is 4.98 Å². The predicted octanol–water partition coefficient (Wildman–Crippen LogP) is 6.13. The van der Waals surface area contributed by atoms with Gasteiger partial charge in [-0.05, 0) is 40.6 Å². The van der Waals surface area contributed by atoms with E-state index in [0.717, 1.165) is 22.6 Å². The highest BCUT2D eigenvalue weighted by molar-refractivity contribution is 6.34.